The molecule has 200 valence electrons. The number of thiophene rings is 1. The SMILES string of the molecule is CCCCCCN(CCCC)C(=O)CSC1=C(N)C(c2cccs2)C(C(=O)Nc2ccccc2)=C(C)N1. The van der Waals surface area contributed by atoms with E-state index in [1.165, 1.54) is 24.6 Å². The van der Waals surface area contributed by atoms with Crippen LogP contribution in [0.2, 0.25) is 0 Å². The van der Waals surface area contributed by atoms with Crippen LogP contribution in [0.15, 0.2) is 69.8 Å². The van der Waals surface area contributed by atoms with Gasteiger partial charge in [-0.25, -0.2) is 0 Å². The van der Waals surface area contributed by atoms with Gasteiger partial charge in [0.15, 0.2) is 0 Å². The van der Waals surface area contributed by atoms with Crippen LogP contribution in [0.3, 0.4) is 0 Å². The molecule has 0 fully saturated rings. The fourth-order valence-corrected chi connectivity index (χ4v) is 6.18. The highest BCUT2D eigenvalue weighted by atomic mass is 32.2. The summed E-state index contributed by atoms with van der Waals surface area (Å²) < 4.78 is 0. The number of benzene rings is 1. The van der Waals surface area contributed by atoms with Crippen molar-refractivity contribution in [2.75, 3.05) is 24.2 Å². The molecule has 6 nitrogen and oxygen atoms in total. The number of amides is 2. The summed E-state index contributed by atoms with van der Waals surface area (Å²) in [6, 6.07) is 13.4. The average Bonchev–Trinajstić information content (AvgIpc) is 3.43. The summed E-state index contributed by atoms with van der Waals surface area (Å²) in [7, 11) is 0. The number of para-hydroxylation sites is 1. The molecule has 1 aromatic carbocycles. The Morgan fingerprint density at radius 3 is 2.43 bits per heavy atom. The van der Waals surface area contributed by atoms with Gasteiger partial charge in [-0.2, -0.15) is 0 Å². The average molecular weight is 541 g/mol. The molecule has 8 heteroatoms. The van der Waals surface area contributed by atoms with Gasteiger partial charge in [-0.05, 0) is 43.3 Å². The Morgan fingerprint density at radius 1 is 1.03 bits per heavy atom. The normalized spacial score (nSPS) is 15.5. The van der Waals surface area contributed by atoms with Crippen LogP contribution in [0.4, 0.5) is 5.69 Å². The van der Waals surface area contributed by atoms with Crippen LogP contribution in [-0.4, -0.2) is 35.6 Å². The van der Waals surface area contributed by atoms with Gasteiger partial charge in [0.05, 0.1) is 28.0 Å². The maximum Gasteiger partial charge on any atom is 0.254 e. The second-order valence-corrected chi connectivity index (χ2v) is 11.3. The minimum absolute atomic E-state index is 0.138. The molecule has 1 unspecified atom stereocenters. The van der Waals surface area contributed by atoms with Crippen LogP contribution in [0.25, 0.3) is 0 Å². The van der Waals surface area contributed by atoms with Crippen LogP contribution in [-0.2, 0) is 9.59 Å². The Hall–Kier alpha value is -2.71. The molecule has 37 heavy (non-hydrogen) atoms. The number of carbonyl (C=O) groups excluding carboxylic acids is 2. The van der Waals surface area contributed by atoms with Gasteiger partial charge in [-0.15, -0.1) is 11.3 Å². The van der Waals surface area contributed by atoms with Crippen LogP contribution in [0.5, 0.6) is 0 Å². The van der Waals surface area contributed by atoms with Crippen molar-refractivity contribution in [3.05, 3.63) is 74.7 Å². The van der Waals surface area contributed by atoms with Gasteiger partial charge in [0.25, 0.3) is 5.91 Å². The van der Waals surface area contributed by atoms with Gasteiger partial charge >= 0.3 is 0 Å². The van der Waals surface area contributed by atoms with Crippen molar-refractivity contribution in [1.82, 2.24) is 10.2 Å². The van der Waals surface area contributed by atoms with Crippen LogP contribution in [0, 0.1) is 0 Å². The molecule has 1 aromatic heterocycles. The number of anilines is 1. The summed E-state index contributed by atoms with van der Waals surface area (Å²) in [5, 5.41) is 9.09. The second kappa shape index (κ2) is 14.9. The third kappa shape index (κ3) is 8.14. The number of nitrogens with one attached hydrogen (secondary N) is 2. The Kier molecular flexibility index (Phi) is 11.6. The van der Waals surface area contributed by atoms with E-state index in [1.54, 1.807) is 11.3 Å². The lowest BCUT2D eigenvalue weighted by atomic mass is 9.90. The Balaban J connectivity index is 1.75. The number of nitrogens with two attached hydrogens (primary N) is 1. The molecule has 1 atom stereocenters. The summed E-state index contributed by atoms with van der Waals surface area (Å²) in [5.41, 5.74) is 9.37. The maximum atomic E-state index is 13.4. The summed E-state index contributed by atoms with van der Waals surface area (Å²) in [6.07, 6.45) is 6.65. The minimum atomic E-state index is -0.368. The lowest BCUT2D eigenvalue weighted by Gasteiger charge is -2.30. The maximum absolute atomic E-state index is 13.4. The molecule has 1 aliphatic heterocycles. The minimum Gasteiger partial charge on any atom is -0.399 e. The third-order valence-electron chi connectivity index (χ3n) is 6.43. The summed E-state index contributed by atoms with van der Waals surface area (Å²) in [6.45, 7) is 7.85. The van der Waals surface area contributed by atoms with E-state index in [-0.39, 0.29) is 17.7 Å². The Labute approximate surface area is 229 Å². The quantitative estimate of drug-likeness (QED) is 0.241. The summed E-state index contributed by atoms with van der Waals surface area (Å²) >= 11 is 3.01. The number of allylic oxidation sites excluding steroid dienone is 2. The molecule has 0 saturated heterocycles. The van der Waals surface area contributed by atoms with Crippen molar-refractivity contribution in [3.63, 3.8) is 0 Å². The first-order valence-electron chi connectivity index (χ1n) is 13.2. The molecule has 0 bridgehead atoms. The molecule has 0 saturated carbocycles. The Bertz CT molecular complexity index is 1080. The highest BCUT2D eigenvalue weighted by molar-refractivity contribution is 8.03. The standard InChI is InChI=1S/C29H40N4O2S2/c1-4-6-8-12-18-33(17-7-5-2)24(34)20-37-29-27(30)26(23-16-13-19-36-23)25(21(3)31-29)28(35)32-22-14-10-9-11-15-22/h9-11,13-16,19,26,31H,4-8,12,17-18,20,30H2,1-3H3,(H,32,35). The largest absolute Gasteiger partial charge is 0.399 e. The van der Waals surface area contributed by atoms with E-state index in [2.05, 4.69) is 24.5 Å². The summed E-state index contributed by atoms with van der Waals surface area (Å²) in [4.78, 5) is 29.6. The van der Waals surface area contributed by atoms with E-state index in [1.807, 2.05) is 59.7 Å². The number of unbranched alkanes of at least 4 members (excludes halogenated alkanes) is 4. The molecule has 0 radical (unpaired) electrons. The molecule has 2 aromatic rings. The van der Waals surface area contributed by atoms with Crippen LogP contribution < -0.4 is 16.4 Å². The zero-order valence-corrected chi connectivity index (χ0v) is 23.9. The van der Waals surface area contributed by atoms with Crippen LogP contribution in [0.1, 0.15) is 70.1 Å². The molecular formula is C29H40N4O2S2. The lowest BCUT2D eigenvalue weighted by molar-refractivity contribution is -0.128. The van der Waals surface area contributed by atoms with Gasteiger partial charge in [-0.3, -0.25) is 9.59 Å². The van der Waals surface area contributed by atoms with E-state index >= 15 is 0 Å². The topological polar surface area (TPSA) is 87.5 Å². The zero-order chi connectivity index (χ0) is 26.6. The van der Waals surface area contributed by atoms with Crippen molar-refractivity contribution < 1.29 is 9.59 Å². The molecular weight excluding hydrogens is 500 g/mol. The van der Waals surface area contributed by atoms with Gasteiger partial charge in [-0.1, -0.05) is 75.6 Å². The fraction of sp³-hybridized carbons (Fsp3) is 0.448. The first-order chi connectivity index (χ1) is 18.0. The van der Waals surface area contributed by atoms with E-state index in [4.69, 9.17) is 5.73 Å². The van der Waals surface area contributed by atoms with E-state index in [9.17, 15) is 9.59 Å². The van der Waals surface area contributed by atoms with Gasteiger partial charge in [0.2, 0.25) is 5.91 Å². The van der Waals surface area contributed by atoms with Crippen molar-refractivity contribution in [1.29, 1.82) is 0 Å². The molecule has 0 spiro atoms. The van der Waals surface area contributed by atoms with E-state index in [0.29, 0.717) is 17.0 Å². The molecule has 0 aliphatic carbocycles. The number of thioether (sulfide) groups is 1. The van der Waals surface area contributed by atoms with Gasteiger partial charge < -0.3 is 21.3 Å². The van der Waals surface area contributed by atoms with E-state index < -0.39 is 0 Å². The molecule has 2 heterocycles. The highest BCUT2D eigenvalue weighted by Crippen LogP contribution is 2.40. The van der Waals surface area contributed by atoms with Crippen molar-refractivity contribution in [3.8, 4) is 0 Å². The first-order valence-corrected chi connectivity index (χ1v) is 15.1. The van der Waals surface area contributed by atoms with Crippen LogP contribution >= 0.6 is 23.1 Å². The highest BCUT2D eigenvalue weighted by Gasteiger charge is 2.34. The Morgan fingerprint density at radius 2 is 1.76 bits per heavy atom. The molecule has 4 N–H and O–H groups in total. The van der Waals surface area contributed by atoms with Gasteiger partial charge in [0.1, 0.15) is 0 Å². The van der Waals surface area contributed by atoms with E-state index in [0.717, 1.165) is 60.1 Å². The number of hydrogen-bond acceptors (Lipinski definition) is 6. The predicted octanol–water partition coefficient (Wildman–Crippen LogP) is 6.42. The monoisotopic (exact) mass is 540 g/mol. The lowest BCUT2D eigenvalue weighted by Crippen LogP contribution is -2.36. The first kappa shape index (κ1) is 28.9. The van der Waals surface area contributed by atoms with Crippen molar-refractivity contribution in [2.45, 2.75) is 65.2 Å². The summed E-state index contributed by atoms with van der Waals surface area (Å²) in [5.74, 6) is -0.0986. The second-order valence-electron chi connectivity index (χ2n) is 9.30. The number of carbonyl (C=O) groups is 2. The zero-order valence-electron chi connectivity index (χ0n) is 22.2. The third-order valence-corrected chi connectivity index (χ3v) is 8.38. The molecule has 1 aliphatic rings. The van der Waals surface area contributed by atoms with Crippen molar-refractivity contribution in [2.24, 2.45) is 5.73 Å². The molecule has 3 rings (SSSR count). The number of nitrogens with zero attached hydrogens (tertiary/aromatic N) is 1. The smallest absolute Gasteiger partial charge is 0.254 e. The number of dihydropyridines is 1. The molecule has 2 amide bonds. The predicted molar refractivity (Wildman–Crippen MR) is 157 cm³/mol. The fourth-order valence-electron chi connectivity index (χ4n) is 4.37. The number of hydrogen-bond donors (Lipinski definition) is 3. The number of rotatable bonds is 14. The van der Waals surface area contributed by atoms with Crippen molar-refractivity contribution >= 4 is 40.6 Å². The van der Waals surface area contributed by atoms with Gasteiger partial charge in [0, 0.05) is 29.4 Å².